The van der Waals surface area contributed by atoms with Crippen molar-refractivity contribution in [3.63, 3.8) is 0 Å². The minimum Gasteiger partial charge on any atom is -0.389 e. The number of hydrogen-bond acceptors (Lipinski definition) is 4. The number of alkyl halides is 3. The molecule has 0 unspecified atom stereocenters. The fraction of sp³-hybridized carbons (Fsp3) is 0.588. The van der Waals surface area contributed by atoms with E-state index in [0.717, 1.165) is 25.0 Å². The standard InChI is InChI=1S/C17H21F3N2O3/c18-17(19,20)12-3-1-4-13(9-12)21-15(24)11-22-7-6-16(14(23)10-22)5-2-8-25-16/h1,3-4,9,14,23H,2,5-8,10-11H2,(H,21,24)/t14-,16-/m0/s1. The Morgan fingerprint density at radius 2 is 2.20 bits per heavy atom. The first-order valence-corrected chi connectivity index (χ1v) is 8.30. The summed E-state index contributed by atoms with van der Waals surface area (Å²) in [6.45, 7) is 1.58. The van der Waals surface area contributed by atoms with Gasteiger partial charge >= 0.3 is 6.18 Å². The average Bonchev–Trinajstić information content (AvgIpc) is 3.00. The molecule has 0 bridgehead atoms. The molecule has 2 saturated heterocycles. The third kappa shape index (κ3) is 4.13. The molecule has 2 fully saturated rings. The molecule has 5 nitrogen and oxygen atoms in total. The molecule has 2 aliphatic rings. The summed E-state index contributed by atoms with van der Waals surface area (Å²) in [5, 5.41) is 12.8. The van der Waals surface area contributed by atoms with Crippen LogP contribution in [0.2, 0.25) is 0 Å². The highest BCUT2D eigenvalue weighted by Gasteiger charge is 2.45. The number of rotatable bonds is 3. The zero-order valence-electron chi connectivity index (χ0n) is 13.7. The van der Waals surface area contributed by atoms with Crippen molar-refractivity contribution in [2.75, 3.05) is 31.6 Å². The number of piperidine rings is 1. The second-order valence-corrected chi connectivity index (χ2v) is 6.64. The predicted octanol–water partition coefficient (Wildman–Crippen LogP) is 2.26. The lowest BCUT2D eigenvalue weighted by Gasteiger charge is -2.42. The monoisotopic (exact) mass is 358 g/mol. The Morgan fingerprint density at radius 3 is 2.84 bits per heavy atom. The van der Waals surface area contributed by atoms with Crippen molar-refractivity contribution in [2.45, 2.75) is 37.1 Å². The summed E-state index contributed by atoms with van der Waals surface area (Å²) in [6.07, 6.45) is -2.73. The molecule has 2 aliphatic heterocycles. The van der Waals surface area contributed by atoms with Gasteiger partial charge in [-0.15, -0.1) is 0 Å². The summed E-state index contributed by atoms with van der Waals surface area (Å²) >= 11 is 0. The number of amides is 1. The van der Waals surface area contributed by atoms with E-state index in [2.05, 4.69) is 5.32 Å². The summed E-state index contributed by atoms with van der Waals surface area (Å²) in [5.41, 5.74) is -1.19. The van der Waals surface area contributed by atoms with Crippen LogP contribution in [0.15, 0.2) is 24.3 Å². The van der Waals surface area contributed by atoms with Crippen molar-refractivity contribution < 1.29 is 27.8 Å². The topological polar surface area (TPSA) is 61.8 Å². The normalized spacial score (nSPS) is 27.6. The van der Waals surface area contributed by atoms with Gasteiger partial charge in [0.15, 0.2) is 0 Å². The molecular formula is C17H21F3N2O3. The average molecular weight is 358 g/mol. The Balaban J connectivity index is 1.55. The number of likely N-dealkylation sites (tertiary alicyclic amines) is 1. The number of benzene rings is 1. The van der Waals surface area contributed by atoms with Crippen molar-refractivity contribution in [3.05, 3.63) is 29.8 Å². The number of halogens is 3. The van der Waals surface area contributed by atoms with E-state index in [1.807, 2.05) is 0 Å². The smallest absolute Gasteiger partial charge is 0.389 e. The van der Waals surface area contributed by atoms with Gasteiger partial charge in [-0.3, -0.25) is 9.69 Å². The summed E-state index contributed by atoms with van der Waals surface area (Å²) in [6, 6.07) is 4.53. The highest BCUT2D eigenvalue weighted by molar-refractivity contribution is 5.92. The molecule has 1 aromatic rings. The van der Waals surface area contributed by atoms with E-state index in [1.165, 1.54) is 12.1 Å². The first kappa shape index (κ1) is 18.2. The van der Waals surface area contributed by atoms with Crippen molar-refractivity contribution >= 4 is 11.6 Å². The van der Waals surface area contributed by atoms with Gasteiger partial charge in [0.2, 0.25) is 5.91 Å². The van der Waals surface area contributed by atoms with E-state index in [0.29, 0.717) is 26.1 Å². The SMILES string of the molecule is O=C(CN1CC[C@@]2(CCCO2)[C@@H](O)C1)Nc1cccc(C(F)(F)F)c1. The van der Waals surface area contributed by atoms with Gasteiger partial charge in [-0.25, -0.2) is 0 Å². The maximum Gasteiger partial charge on any atom is 0.416 e. The molecular weight excluding hydrogens is 337 g/mol. The summed E-state index contributed by atoms with van der Waals surface area (Å²) in [7, 11) is 0. The van der Waals surface area contributed by atoms with Crippen molar-refractivity contribution in [1.29, 1.82) is 0 Å². The Bertz CT molecular complexity index is 630. The van der Waals surface area contributed by atoms with E-state index >= 15 is 0 Å². The van der Waals surface area contributed by atoms with Crippen LogP contribution < -0.4 is 5.32 Å². The maximum absolute atomic E-state index is 12.7. The number of ether oxygens (including phenoxy) is 1. The van der Waals surface area contributed by atoms with Gasteiger partial charge in [-0.2, -0.15) is 13.2 Å². The molecule has 1 amide bonds. The number of β-amino-alcohol motifs (C(OH)–C–C–N with tert-alkyl or cyclic N) is 1. The summed E-state index contributed by atoms with van der Waals surface area (Å²) in [4.78, 5) is 13.9. The minimum atomic E-state index is -4.45. The number of hydrogen-bond donors (Lipinski definition) is 2. The van der Waals surface area contributed by atoms with Crippen LogP contribution in [-0.2, 0) is 15.7 Å². The maximum atomic E-state index is 12.7. The molecule has 0 aliphatic carbocycles. The van der Waals surface area contributed by atoms with Crippen LogP contribution in [0.4, 0.5) is 18.9 Å². The molecule has 3 rings (SSSR count). The number of carbonyl (C=O) groups is 1. The molecule has 1 aromatic carbocycles. The molecule has 2 N–H and O–H groups in total. The van der Waals surface area contributed by atoms with E-state index < -0.39 is 29.4 Å². The van der Waals surface area contributed by atoms with Gasteiger partial charge in [0.05, 0.1) is 23.8 Å². The van der Waals surface area contributed by atoms with Crippen LogP contribution >= 0.6 is 0 Å². The van der Waals surface area contributed by atoms with Gasteiger partial charge in [0.1, 0.15) is 0 Å². The van der Waals surface area contributed by atoms with Crippen molar-refractivity contribution in [3.8, 4) is 0 Å². The Morgan fingerprint density at radius 1 is 1.40 bits per heavy atom. The van der Waals surface area contributed by atoms with Crippen molar-refractivity contribution in [1.82, 2.24) is 4.90 Å². The molecule has 138 valence electrons. The fourth-order valence-corrected chi connectivity index (χ4v) is 3.52. The zero-order valence-corrected chi connectivity index (χ0v) is 13.7. The van der Waals surface area contributed by atoms with E-state index in [4.69, 9.17) is 4.74 Å². The summed E-state index contributed by atoms with van der Waals surface area (Å²) in [5.74, 6) is -0.408. The van der Waals surface area contributed by atoms with E-state index in [9.17, 15) is 23.1 Å². The highest BCUT2D eigenvalue weighted by atomic mass is 19.4. The molecule has 0 radical (unpaired) electrons. The van der Waals surface area contributed by atoms with Crippen LogP contribution in [-0.4, -0.2) is 53.9 Å². The molecule has 1 spiro atoms. The molecule has 0 aromatic heterocycles. The first-order valence-electron chi connectivity index (χ1n) is 8.30. The van der Waals surface area contributed by atoms with Crippen LogP contribution in [0.1, 0.15) is 24.8 Å². The molecule has 2 atom stereocenters. The molecule has 0 saturated carbocycles. The number of carbonyl (C=O) groups excluding carboxylic acids is 1. The Hall–Kier alpha value is -1.64. The second kappa shape index (κ2) is 6.93. The quantitative estimate of drug-likeness (QED) is 0.870. The van der Waals surface area contributed by atoms with E-state index in [-0.39, 0.29) is 12.2 Å². The van der Waals surface area contributed by atoms with Gasteiger partial charge in [0, 0.05) is 25.4 Å². The zero-order chi connectivity index (χ0) is 18.1. The lowest BCUT2D eigenvalue weighted by molar-refractivity contribution is -0.137. The van der Waals surface area contributed by atoms with Gasteiger partial charge in [0.25, 0.3) is 0 Å². The van der Waals surface area contributed by atoms with Crippen LogP contribution in [0, 0.1) is 0 Å². The molecule has 25 heavy (non-hydrogen) atoms. The number of aliphatic hydroxyl groups is 1. The molecule has 8 heteroatoms. The molecule has 2 heterocycles. The number of aliphatic hydroxyl groups excluding tert-OH is 1. The van der Waals surface area contributed by atoms with E-state index in [1.54, 1.807) is 4.90 Å². The van der Waals surface area contributed by atoms with Crippen molar-refractivity contribution in [2.24, 2.45) is 0 Å². The minimum absolute atomic E-state index is 0.0172. The summed E-state index contributed by atoms with van der Waals surface area (Å²) < 4.78 is 43.8. The largest absolute Gasteiger partial charge is 0.416 e. The lowest BCUT2D eigenvalue weighted by atomic mass is 9.86. The van der Waals surface area contributed by atoms with Crippen LogP contribution in [0.3, 0.4) is 0 Å². The van der Waals surface area contributed by atoms with Crippen LogP contribution in [0.5, 0.6) is 0 Å². The first-order chi connectivity index (χ1) is 11.8. The number of anilines is 1. The van der Waals surface area contributed by atoms with Gasteiger partial charge in [-0.05, 0) is 37.5 Å². The lowest BCUT2D eigenvalue weighted by Crippen LogP contribution is -2.56. The van der Waals surface area contributed by atoms with Gasteiger partial charge < -0.3 is 15.2 Å². The van der Waals surface area contributed by atoms with Crippen LogP contribution in [0.25, 0.3) is 0 Å². The fourth-order valence-electron chi connectivity index (χ4n) is 3.52. The number of nitrogens with one attached hydrogen (secondary N) is 1. The predicted molar refractivity (Wildman–Crippen MR) is 85.1 cm³/mol. The second-order valence-electron chi connectivity index (χ2n) is 6.64. The highest BCUT2D eigenvalue weighted by Crippen LogP contribution is 2.36. The third-order valence-electron chi connectivity index (χ3n) is 4.86. The third-order valence-corrected chi connectivity index (χ3v) is 4.86. The Labute approximate surface area is 143 Å². The Kier molecular flexibility index (Phi) is 5.04. The van der Waals surface area contributed by atoms with Gasteiger partial charge in [-0.1, -0.05) is 6.07 Å². The number of nitrogens with zero attached hydrogens (tertiary/aromatic N) is 1.